The van der Waals surface area contributed by atoms with Crippen LogP contribution in [0.4, 0.5) is 20.9 Å². The van der Waals surface area contributed by atoms with Crippen LogP contribution in [0.1, 0.15) is 12.5 Å². The molecule has 10 heteroatoms. The molecule has 156 valence electrons. The number of nitrogens with one attached hydrogen (secondary N) is 3. The molecule has 0 bridgehead atoms. The zero-order chi connectivity index (χ0) is 21.3. The van der Waals surface area contributed by atoms with Gasteiger partial charge in [0.2, 0.25) is 16.9 Å². The highest BCUT2D eigenvalue weighted by atomic mass is 32.2. The first-order chi connectivity index (χ1) is 14.5. The van der Waals surface area contributed by atoms with Gasteiger partial charge in [0.25, 0.3) is 0 Å². The zero-order valence-corrected chi connectivity index (χ0v) is 17.8. The molecule has 3 aromatic rings. The summed E-state index contributed by atoms with van der Waals surface area (Å²) in [5, 5.41) is 17.4. The fourth-order valence-electron chi connectivity index (χ4n) is 2.50. The number of rotatable bonds is 9. The molecule has 2 amide bonds. The van der Waals surface area contributed by atoms with Crippen LogP contribution in [0.3, 0.4) is 0 Å². The fourth-order valence-corrected chi connectivity index (χ4v) is 4.10. The molecular formula is C20H20FN5O2S2. The number of thioether (sulfide) groups is 1. The van der Waals surface area contributed by atoms with Crippen LogP contribution in [0.5, 0.6) is 0 Å². The smallest absolute Gasteiger partial charge is 0.230 e. The molecule has 0 aliphatic heterocycles. The number of aromatic nitrogens is 2. The Balaban J connectivity index is 1.42. The van der Waals surface area contributed by atoms with Crippen LogP contribution in [0, 0.1) is 5.82 Å². The number of hydrogen-bond donors (Lipinski definition) is 3. The maximum atomic E-state index is 12.9. The van der Waals surface area contributed by atoms with Gasteiger partial charge in [-0.2, -0.15) is 0 Å². The average molecular weight is 446 g/mol. The van der Waals surface area contributed by atoms with Crippen LogP contribution < -0.4 is 16.0 Å². The monoisotopic (exact) mass is 445 g/mol. The number of halogens is 1. The molecule has 3 N–H and O–H groups in total. The van der Waals surface area contributed by atoms with Gasteiger partial charge in [-0.25, -0.2) is 4.39 Å². The lowest BCUT2D eigenvalue weighted by atomic mass is 10.1. The zero-order valence-electron chi connectivity index (χ0n) is 16.1. The maximum absolute atomic E-state index is 12.9. The summed E-state index contributed by atoms with van der Waals surface area (Å²) >= 11 is 2.64. The molecule has 0 radical (unpaired) electrons. The predicted molar refractivity (Wildman–Crippen MR) is 118 cm³/mol. The maximum Gasteiger partial charge on any atom is 0.230 e. The first kappa shape index (κ1) is 21.7. The third-order valence-corrected chi connectivity index (χ3v) is 5.79. The van der Waals surface area contributed by atoms with E-state index in [9.17, 15) is 14.0 Å². The topological polar surface area (TPSA) is 96.0 Å². The van der Waals surface area contributed by atoms with Gasteiger partial charge in [-0.1, -0.05) is 41.3 Å². The van der Waals surface area contributed by atoms with Gasteiger partial charge in [0.15, 0.2) is 4.34 Å². The summed E-state index contributed by atoms with van der Waals surface area (Å²) in [6.07, 6.45) is 0.640. The summed E-state index contributed by atoms with van der Waals surface area (Å²) in [6, 6.07) is 13.5. The molecule has 1 heterocycles. The molecule has 0 unspecified atom stereocenters. The lowest BCUT2D eigenvalue weighted by molar-refractivity contribution is -0.118. The second-order valence-corrected chi connectivity index (χ2v) is 8.48. The Morgan fingerprint density at radius 3 is 2.63 bits per heavy atom. The van der Waals surface area contributed by atoms with Crippen LogP contribution in [0.2, 0.25) is 0 Å². The summed E-state index contributed by atoms with van der Waals surface area (Å²) < 4.78 is 13.6. The van der Waals surface area contributed by atoms with Gasteiger partial charge in [-0.05, 0) is 42.3 Å². The van der Waals surface area contributed by atoms with Gasteiger partial charge >= 0.3 is 0 Å². The van der Waals surface area contributed by atoms with Crippen LogP contribution in [0.25, 0.3) is 0 Å². The van der Waals surface area contributed by atoms with Gasteiger partial charge in [0, 0.05) is 24.8 Å². The molecule has 0 saturated carbocycles. The van der Waals surface area contributed by atoms with E-state index in [4.69, 9.17) is 0 Å². The van der Waals surface area contributed by atoms with Gasteiger partial charge in [-0.3, -0.25) is 9.59 Å². The van der Waals surface area contributed by atoms with E-state index in [0.29, 0.717) is 28.1 Å². The van der Waals surface area contributed by atoms with Crippen LogP contribution in [-0.4, -0.2) is 34.3 Å². The van der Waals surface area contributed by atoms with Crippen molar-refractivity contribution in [2.75, 3.05) is 22.9 Å². The van der Waals surface area contributed by atoms with E-state index in [1.165, 1.54) is 42.2 Å². The van der Waals surface area contributed by atoms with Crippen molar-refractivity contribution in [2.24, 2.45) is 0 Å². The van der Waals surface area contributed by atoms with Crippen LogP contribution in [-0.2, 0) is 16.0 Å². The molecule has 0 fully saturated rings. The summed E-state index contributed by atoms with van der Waals surface area (Å²) in [4.78, 5) is 23.2. The highest BCUT2D eigenvalue weighted by Crippen LogP contribution is 2.28. The number of hydrogen-bond acceptors (Lipinski definition) is 7. The molecule has 0 aliphatic carbocycles. The molecule has 0 saturated heterocycles. The van der Waals surface area contributed by atoms with E-state index in [1.807, 2.05) is 12.1 Å². The third-order valence-electron chi connectivity index (χ3n) is 3.82. The standard InChI is InChI=1S/C20H20FN5O2S2/c1-13(27)23-16-3-2-4-17(11-16)24-19-25-26-20(30-19)29-12-18(28)22-10-9-14-5-7-15(21)8-6-14/h2-8,11H,9-10,12H2,1H3,(H,22,28)(H,23,27)(H,24,25). The minimum absolute atomic E-state index is 0.102. The summed E-state index contributed by atoms with van der Waals surface area (Å²) in [5.41, 5.74) is 2.42. The number of carbonyl (C=O) groups excluding carboxylic acids is 2. The Kier molecular flexibility index (Phi) is 7.75. The lowest BCUT2D eigenvalue weighted by Gasteiger charge is -2.05. The summed E-state index contributed by atoms with van der Waals surface area (Å²) in [7, 11) is 0. The molecule has 1 aromatic heterocycles. The molecule has 3 rings (SSSR count). The quantitative estimate of drug-likeness (QED) is 0.433. The van der Waals surface area contributed by atoms with Crippen molar-refractivity contribution in [3.63, 3.8) is 0 Å². The van der Waals surface area contributed by atoms with Gasteiger partial charge in [0.05, 0.1) is 5.75 Å². The van der Waals surface area contributed by atoms with E-state index in [2.05, 4.69) is 26.1 Å². The molecule has 0 spiro atoms. The normalized spacial score (nSPS) is 10.5. The molecule has 2 aromatic carbocycles. The first-order valence-electron chi connectivity index (χ1n) is 9.10. The van der Waals surface area contributed by atoms with E-state index in [-0.39, 0.29) is 23.4 Å². The van der Waals surface area contributed by atoms with Crippen LogP contribution >= 0.6 is 23.1 Å². The summed E-state index contributed by atoms with van der Waals surface area (Å²) in [6.45, 7) is 1.94. The molecule has 7 nitrogen and oxygen atoms in total. The van der Waals surface area contributed by atoms with Gasteiger partial charge in [0.1, 0.15) is 5.82 Å². The molecule has 0 atom stereocenters. The Bertz CT molecular complexity index is 1010. The number of anilines is 3. The second kappa shape index (κ2) is 10.7. The number of benzene rings is 2. The number of nitrogens with zero attached hydrogens (tertiary/aromatic N) is 2. The highest BCUT2D eigenvalue weighted by molar-refractivity contribution is 8.01. The SMILES string of the molecule is CC(=O)Nc1cccc(Nc2nnc(SCC(=O)NCCc3ccc(F)cc3)s2)c1. The molecule has 30 heavy (non-hydrogen) atoms. The van der Waals surface area contributed by atoms with Crippen LogP contribution in [0.15, 0.2) is 52.9 Å². The van der Waals surface area contributed by atoms with E-state index in [1.54, 1.807) is 24.3 Å². The van der Waals surface area contributed by atoms with Crippen molar-refractivity contribution in [2.45, 2.75) is 17.7 Å². The van der Waals surface area contributed by atoms with Crippen molar-refractivity contribution in [3.8, 4) is 0 Å². The lowest BCUT2D eigenvalue weighted by Crippen LogP contribution is -2.27. The fraction of sp³-hybridized carbons (Fsp3) is 0.200. The third kappa shape index (κ3) is 7.12. The average Bonchev–Trinajstić information content (AvgIpc) is 3.15. The first-order valence-corrected chi connectivity index (χ1v) is 10.9. The Morgan fingerprint density at radius 2 is 1.87 bits per heavy atom. The Hall–Kier alpha value is -2.98. The van der Waals surface area contributed by atoms with E-state index in [0.717, 1.165) is 11.3 Å². The largest absolute Gasteiger partial charge is 0.355 e. The van der Waals surface area contributed by atoms with E-state index >= 15 is 0 Å². The van der Waals surface area contributed by atoms with Gasteiger partial charge in [-0.15, -0.1) is 10.2 Å². The number of carbonyl (C=O) groups is 2. The highest BCUT2D eigenvalue weighted by Gasteiger charge is 2.09. The van der Waals surface area contributed by atoms with Crippen molar-refractivity contribution < 1.29 is 14.0 Å². The van der Waals surface area contributed by atoms with Crippen molar-refractivity contribution in [3.05, 3.63) is 59.9 Å². The minimum Gasteiger partial charge on any atom is -0.355 e. The second-order valence-electron chi connectivity index (χ2n) is 6.28. The van der Waals surface area contributed by atoms with Crippen molar-refractivity contribution in [1.29, 1.82) is 0 Å². The Labute approximate surface area is 181 Å². The molecule has 0 aliphatic rings. The molecular weight excluding hydrogens is 425 g/mol. The Morgan fingerprint density at radius 1 is 1.10 bits per heavy atom. The number of amides is 2. The van der Waals surface area contributed by atoms with Crippen molar-refractivity contribution >= 4 is 51.4 Å². The van der Waals surface area contributed by atoms with Gasteiger partial charge < -0.3 is 16.0 Å². The van der Waals surface area contributed by atoms with Crippen molar-refractivity contribution in [1.82, 2.24) is 15.5 Å². The minimum atomic E-state index is -0.273. The summed E-state index contributed by atoms with van der Waals surface area (Å²) in [5.74, 6) is -0.283. The van der Waals surface area contributed by atoms with E-state index < -0.39 is 0 Å². The predicted octanol–water partition coefficient (Wildman–Crippen LogP) is 3.83.